The van der Waals surface area contributed by atoms with E-state index >= 15 is 0 Å². The van der Waals surface area contributed by atoms with Crippen LogP contribution in [0.2, 0.25) is 0 Å². The number of likely N-dealkylation sites (N-methyl/N-ethyl adjacent to an activating group) is 1. The minimum Gasteiger partial charge on any atom is -0.376 e. The molecule has 2 aromatic rings. The van der Waals surface area contributed by atoms with Crippen LogP contribution in [0.3, 0.4) is 0 Å². The van der Waals surface area contributed by atoms with Crippen molar-refractivity contribution in [1.29, 1.82) is 0 Å². The zero-order valence-corrected chi connectivity index (χ0v) is 13.1. The van der Waals surface area contributed by atoms with Gasteiger partial charge in [0.25, 0.3) is 0 Å². The van der Waals surface area contributed by atoms with E-state index < -0.39 is 0 Å². The Balaban J connectivity index is 1.73. The predicted octanol–water partition coefficient (Wildman–Crippen LogP) is 1.68. The number of benzene rings is 1. The number of aryl methyl sites for hydroxylation is 1. The highest BCUT2D eigenvalue weighted by Gasteiger charge is 2.16. The number of nitrogens with one attached hydrogen (secondary N) is 1. The smallest absolute Gasteiger partial charge is 0.189 e. The summed E-state index contributed by atoms with van der Waals surface area (Å²) < 4.78 is 11.1. The molecule has 3 rings (SSSR count). The molecule has 0 bridgehead atoms. The molecule has 5 heteroatoms. The Labute approximate surface area is 129 Å². The molecule has 1 fully saturated rings. The molecule has 0 amide bonds. The summed E-state index contributed by atoms with van der Waals surface area (Å²) in [5.74, 6) is 0. The van der Waals surface area contributed by atoms with Crippen LogP contribution in [-0.4, -0.2) is 49.4 Å². The number of ether oxygens (including phenoxy) is 2. The number of fused-ring (bicyclic) bond motifs is 1. The molecule has 1 saturated heterocycles. The van der Waals surface area contributed by atoms with Crippen molar-refractivity contribution < 1.29 is 9.47 Å². The summed E-state index contributed by atoms with van der Waals surface area (Å²) in [5.41, 5.74) is 2.97. The molecule has 5 nitrogen and oxygen atoms in total. The molecule has 118 valence electrons. The number of nitrogens with zero attached hydrogens (tertiary/aromatic N) is 1. The summed E-state index contributed by atoms with van der Waals surface area (Å²) in [6, 6.07) is 7.60. The molecule has 1 aromatic heterocycles. The van der Waals surface area contributed by atoms with E-state index in [-0.39, 0.29) is 11.5 Å². The second-order valence-electron chi connectivity index (χ2n) is 5.97. The molecule has 0 radical (unpaired) electrons. The number of hydrogen-bond acceptors (Lipinski definition) is 4. The second-order valence-corrected chi connectivity index (χ2v) is 5.97. The highest BCUT2D eigenvalue weighted by molar-refractivity contribution is 5.79. The van der Waals surface area contributed by atoms with Gasteiger partial charge in [-0.2, -0.15) is 0 Å². The third-order valence-corrected chi connectivity index (χ3v) is 3.88. The lowest BCUT2D eigenvalue weighted by atomic mass is 10.1. The van der Waals surface area contributed by atoms with Gasteiger partial charge in [-0.1, -0.05) is 11.6 Å². The average molecular weight is 302 g/mol. The van der Waals surface area contributed by atoms with Gasteiger partial charge in [0, 0.05) is 35.8 Å². The molecule has 0 aliphatic carbocycles. The third kappa shape index (κ3) is 3.55. The van der Waals surface area contributed by atoms with Gasteiger partial charge in [-0.3, -0.25) is 9.69 Å². The van der Waals surface area contributed by atoms with Gasteiger partial charge in [-0.05, 0) is 26.1 Å². The number of hydrogen-bond donors (Lipinski definition) is 1. The maximum atomic E-state index is 12.2. The summed E-state index contributed by atoms with van der Waals surface area (Å²) in [6.45, 7) is 5.43. The highest BCUT2D eigenvalue weighted by Crippen LogP contribution is 2.12. The molecule has 0 saturated carbocycles. The largest absolute Gasteiger partial charge is 0.376 e. The Bertz CT molecular complexity index is 705. The maximum Gasteiger partial charge on any atom is 0.189 e. The molecule has 1 atom stereocenters. The number of H-pyrrole nitrogens is 1. The molecule has 1 aliphatic rings. The fourth-order valence-corrected chi connectivity index (χ4v) is 2.85. The van der Waals surface area contributed by atoms with Crippen LogP contribution in [0.4, 0.5) is 0 Å². The lowest BCUT2D eigenvalue weighted by Gasteiger charge is -2.27. The first kappa shape index (κ1) is 15.2. The number of aromatic amines is 1. The summed E-state index contributed by atoms with van der Waals surface area (Å²) in [5, 5.41) is 0.746. The van der Waals surface area contributed by atoms with Crippen molar-refractivity contribution in [2.45, 2.75) is 19.6 Å². The van der Waals surface area contributed by atoms with Gasteiger partial charge in [-0.15, -0.1) is 0 Å². The van der Waals surface area contributed by atoms with Crippen molar-refractivity contribution in [1.82, 2.24) is 9.88 Å². The average Bonchev–Trinajstić information content (AvgIpc) is 2.49. The van der Waals surface area contributed by atoms with E-state index in [2.05, 4.69) is 9.88 Å². The van der Waals surface area contributed by atoms with Crippen LogP contribution in [0, 0.1) is 6.92 Å². The Morgan fingerprint density at radius 2 is 2.18 bits per heavy atom. The van der Waals surface area contributed by atoms with Crippen LogP contribution in [-0.2, 0) is 16.0 Å². The van der Waals surface area contributed by atoms with Crippen molar-refractivity contribution in [2.24, 2.45) is 0 Å². The Morgan fingerprint density at radius 1 is 1.32 bits per heavy atom. The van der Waals surface area contributed by atoms with E-state index in [9.17, 15) is 4.79 Å². The lowest BCUT2D eigenvalue weighted by molar-refractivity contribution is -0.0963. The zero-order chi connectivity index (χ0) is 15.5. The van der Waals surface area contributed by atoms with Crippen LogP contribution < -0.4 is 5.43 Å². The van der Waals surface area contributed by atoms with Crippen LogP contribution >= 0.6 is 0 Å². The lowest BCUT2D eigenvalue weighted by Crippen LogP contribution is -2.38. The summed E-state index contributed by atoms with van der Waals surface area (Å²) in [4.78, 5) is 17.7. The van der Waals surface area contributed by atoms with E-state index in [0.717, 1.165) is 28.7 Å². The second kappa shape index (κ2) is 6.60. The summed E-state index contributed by atoms with van der Waals surface area (Å²) in [6.07, 6.45) is 0.105. The van der Waals surface area contributed by atoms with Gasteiger partial charge >= 0.3 is 0 Å². The molecule has 0 spiro atoms. The number of pyridine rings is 1. The van der Waals surface area contributed by atoms with Crippen LogP contribution in [0.25, 0.3) is 10.9 Å². The Morgan fingerprint density at radius 3 is 2.95 bits per heavy atom. The normalized spacial score (nSPS) is 19.0. The van der Waals surface area contributed by atoms with Gasteiger partial charge < -0.3 is 14.5 Å². The van der Waals surface area contributed by atoms with Crippen LogP contribution in [0.1, 0.15) is 11.3 Å². The molecule has 1 aromatic carbocycles. The van der Waals surface area contributed by atoms with Crippen molar-refractivity contribution in [3.05, 3.63) is 45.7 Å². The molecule has 22 heavy (non-hydrogen) atoms. The van der Waals surface area contributed by atoms with E-state index in [1.54, 1.807) is 6.07 Å². The molecule has 1 aliphatic heterocycles. The first-order chi connectivity index (χ1) is 10.6. The minimum atomic E-state index is 0.0677. The molecular formula is C17H22N2O3. The Kier molecular flexibility index (Phi) is 4.57. The van der Waals surface area contributed by atoms with Gasteiger partial charge in [0.15, 0.2) is 5.43 Å². The van der Waals surface area contributed by atoms with E-state index in [0.29, 0.717) is 26.4 Å². The van der Waals surface area contributed by atoms with Crippen molar-refractivity contribution in [3.63, 3.8) is 0 Å². The fraction of sp³-hybridized carbons (Fsp3) is 0.471. The van der Waals surface area contributed by atoms with Crippen molar-refractivity contribution in [3.8, 4) is 0 Å². The monoisotopic (exact) mass is 302 g/mol. The Hall–Kier alpha value is -1.69. The van der Waals surface area contributed by atoms with Crippen molar-refractivity contribution >= 4 is 10.9 Å². The fourth-order valence-electron chi connectivity index (χ4n) is 2.85. The first-order valence-corrected chi connectivity index (χ1v) is 7.62. The van der Waals surface area contributed by atoms with Gasteiger partial charge in [0.05, 0.1) is 25.9 Å². The topological polar surface area (TPSA) is 54.6 Å². The van der Waals surface area contributed by atoms with Crippen LogP contribution in [0.15, 0.2) is 29.1 Å². The summed E-state index contributed by atoms with van der Waals surface area (Å²) >= 11 is 0. The molecule has 2 heterocycles. The standard InChI is InChI=1S/C17H22N2O3/c1-12-3-4-16-15(7-12)17(20)8-13(18-16)9-19(2)10-14-11-21-5-6-22-14/h3-4,7-8,14H,5-6,9-11H2,1-2H3,(H,18,20). The third-order valence-electron chi connectivity index (χ3n) is 3.88. The van der Waals surface area contributed by atoms with Gasteiger partial charge in [-0.25, -0.2) is 0 Å². The van der Waals surface area contributed by atoms with E-state index in [1.807, 2.05) is 32.2 Å². The number of aromatic nitrogens is 1. The van der Waals surface area contributed by atoms with E-state index in [1.165, 1.54) is 0 Å². The van der Waals surface area contributed by atoms with E-state index in [4.69, 9.17) is 9.47 Å². The number of rotatable bonds is 4. The predicted molar refractivity (Wildman–Crippen MR) is 86.2 cm³/mol. The van der Waals surface area contributed by atoms with Crippen molar-refractivity contribution in [2.75, 3.05) is 33.4 Å². The molecular weight excluding hydrogens is 280 g/mol. The zero-order valence-electron chi connectivity index (χ0n) is 13.1. The minimum absolute atomic E-state index is 0.0677. The SMILES string of the molecule is Cc1ccc2[nH]c(CN(C)CC3COCCO3)cc(=O)c2c1. The quantitative estimate of drug-likeness (QED) is 0.934. The maximum absolute atomic E-state index is 12.2. The van der Waals surface area contributed by atoms with Gasteiger partial charge in [0.1, 0.15) is 0 Å². The van der Waals surface area contributed by atoms with Crippen LogP contribution in [0.5, 0.6) is 0 Å². The highest BCUT2D eigenvalue weighted by atomic mass is 16.6. The summed E-state index contributed by atoms with van der Waals surface area (Å²) in [7, 11) is 2.02. The molecule has 1 N–H and O–H groups in total. The first-order valence-electron chi connectivity index (χ1n) is 7.62. The van der Waals surface area contributed by atoms with Gasteiger partial charge in [0.2, 0.25) is 0 Å². The molecule has 1 unspecified atom stereocenters.